The molecule has 1 aromatic heterocycles. The van der Waals surface area contributed by atoms with Crippen LogP contribution >= 0.6 is 0 Å². The lowest BCUT2D eigenvalue weighted by Gasteiger charge is -2.27. The molecule has 2 fully saturated rings. The van der Waals surface area contributed by atoms with Crippen LogP contribution in [0.4, 0.5) is 5.69 Å². The molecule has 7 heteroatoms. The highest BCUT2D eigenvalue weighted by molar-refractivity contribution is 5.96. The van der Waals surface area contributed by atoms with E-state index in [4.69, 9.17) is 9.72 Å². The number of hydrogen-bond acceptors (Lipinski definition) is 4. The van der Waals surface area contributed by atoms with Crippen LogP contribution in [-0.4, -0.2) is 59.1 Å². The molecule has 5 rings (SSSR count). The van der Waals surface area contributed by atoms with E-state index in [1.54, 1.807) is 0 Å². The van der Waals surface area contributed by atoms with Gasteiger partial charge in [-0.2, -0.15) is 0 Å². The summed E-state index contributed by atoms with van der Waals surface area (Å²) in [6.07, 6.45) is 0.392. The molecular formula is C24H26N4O3. The average molecular weight is 418 g/mol. The molecule has 2 saturated heterocycles. The van der Waals surface area contributed by atoms with Crippen molar-refractivity contribution in [1.82, 2.24) is 14.5 Å². The van der Waals surface area contributed by atoms with Crippen LogP contribution in [0.3, 0.4) is 0 Å². The van der Waals surface area contributed by atoms with E-state index in [2.05, 4.69) is 0 Å². The zero-order chi connectivity index (χ0) is 21.4. The van der Waals surface area contributed by atoms with Gasteiger partial charge >= 0.3 is 0 Å². The number of ether oxygens (including phenoxy) is 1. The molecule has 0 spiro atoms. The van der Waals surface area contributed by atoms with Crippen LogP contribution in [0.2, 0.25) is 0 Å². The second-order valence-electron chi connectivity index (χ2n) is 8.28. The highest BCUT2D eigenvalue weighted by atomic mass is 16.5. The molecule has 0 N–H and O–H groups in total. The van der Waals surface area contributed by atoms with Gasteiger partial charge < -0.3 is 19.1 Å². The SMILES string of the molecule is Cc1cccc(N2CC(c3nc4ccccc4n3CC(=O)N3CCOCC3)CC2=O)c1. The number of aromatic nitrogens is 2. The summed E-state index contributed by atoms with van der Waals surface area (Å²) in [7, 11) is 0. The number of nitrogens with zero attached hydrogens (tertiary/aromatic N) is 4. The van der Waals surface area contributed by atoms with E-state index in [1.165, 1.54) is 0 Å². The normalized spacial score (nSPS) is 19.4. The molecule has 2 amide bonds. The monoisotopic (exact) mass is 418 g/mol. The quantitative estimate of drug-likeness (QED) is 0.653. The van der Waals surface area contributed by atoms with Gasteiger partial charge in [0.25, 0.3) is 0 Å². The number of para-hydroxylation sites is 2. The standard InChI is InChI=1S/C24H26N4O3/c1-17-5-4-6-19(13-17)27-15-18(14-22(27)29)24-25-20-7-2-3-8-21(20)28(24)16-23(30)26-9-11-31-12-10-26/h2-8,13,18H,9-12,14-16H2,1H3. The Morgan fingerprint density at radius 3 is 2.74 bits per heavy atom. The number of amides is 2. The zero-order valence-electron chi connectivity index (χ0n) is 17.7. The number of fused-ring (bicyclic) bond motifs is 1. The number of carbonyl (C=O) groups excluding carboxylic acids is 2. The van der Waals surface area contributed by atoms with Crippen LogP contribution in [0.15, 0.2) is 48.5 Å². The van der Waals surface area contributed by atoms with Gasteiger partial charge in [-0.1, -0.05) is 24.3 Å². The molecule has 7 nitrogen and oxygen atoms in total. The summed E-state index contributed by atoms with van der Waals surface area (Å²) in [5.74, 6) is 0.908. The van der Waals surface area contributed by atoms with E-state index >= 15 is 0 Å². The molecule has 3 aromatic rings. The minimum Gasteiger partial charge on any atom is -0.378 e. The maximum absolute atomic E-state index is 13.0. The van der Waals surface area contributed by atoms with Crippen molar-refractivity contribution in [2.45, 2.75) is 25.8 Å². The summed E-state index contributed by atoms with van der Waals surface area (Å²) in [5, 5.41) is 0. The van der Waals surface area contributed by atoms with Gasteiger partial charge in [-0.3, -0.25) is 9.59 Å². The Labute approximate surface area is 181 Å². The summed E-state index contributed by atoms with van der Waals surface area (Å²) in [6.45, 7) is 5.20. The summed E-state index contributed by atoms with van der Waals surface area (Å²) in [6, 6.07) is 15.9. The minimum absolute atomic E-state index is 0.0575. The van der Waals surface area contributed by atoms with E-state index in [9.17, 15) is 9.59 Å². The van der Waals surface area contributed by atoms with Crippen molar-refractivity contribution in [2.24, 2.45) is 0 Å². The number of carbonyl (C=O) groups is 2. The van der Waals surface area contributed by atoms with Crippen molar-refractivity contribution in [2.75, 3.05) is 37.7 Å². The number of imidazole rings is 1. The third kappa shape index (κ3) is 3.81. The molecule has 3 heterocycles. The maximum Gasteiger partial charge on any atom is 0.242 e. The van der Waals surface area contributed by atoms with E-state index < -0.39 is 0 Å². The lowest BCUT2D eigenvalue weighted by molar-refractivity contribution is -0.135. The van der Waals surface area contributed by atoms with Crippen molar-refractivity contribution < 1.29 is 14.3 Å². The molecule has 2 aliphatic rings. The fourth-order valence-electron chi connectivity index (χ4n) is 4.55. The molecule has 0 radical (unpaired) electrons. The van der Waals surface area contributed by atoms with Crippen LogP contribution in [-0.2, 0) is 20.9 Å². The van der Waals surface area contributed by atoms with Gasteiger partial charge in [0.15, 0.2) is 0 Å². The van der Waals surface area contributed by atoms with Crippen LogP contribution in [0.1, 0.15) is 23.7 Å². The first-order valence-electron chi connectivity index (χ1n) is 10.8. The highest BCUT2D eigenvalue weighted by Gasteiger charge is 2.35. The highest BCUT2D eigenvalue weighted by Crippen LogP contribution is 2.33. The lowest BCUT2D eigenvalue weighted by atomic mass is 10.1. The first kappa shape index (κ1) is 19.8. The number of benzene rings is 2. The Bertz CT molecular complexity index is 1130. The van der Waals surface area contributed by atoms with E-state index in [-0.39, 0.29) is 24.3 Å². The molecule has 0 saturated carbocycles. The van der Waals surface area contributed by atoms with Crippen molar-refractivity contribution >= 4 is 28.5 Å². The molecule has 2 aliphatic heterocycles. The number of rotatable bonds is 4. The first-order chi connectivity index (χ1) is 15.1. The number of morpholine rings is 1. The fraction of sp³-hybridized carbons (Fsp3) is 0.375. The Balaban J connectivity index is 1.46. The van der Waals surface area contributed by atoms with Crippen LogP contribution < -0.4 is 4.90 Å². The Hall–Kier alpha value is -3.19. The molecular weight excluding hydrogens is 392 g/mol. The Morgan fingerprint density at radius 2 is 1.94 bits per heavy atom. The van der Waals surface area contributed by atoms with Gasteiger partial charge in [-0.15, -0.1) is 0 Å². The Kier molecular flexibility index (Phi) is 5.19. The van der Waals surface area contributed by atoms with Crippen LogP contribution in [0.25, 0.3) is 11.0 Å². The molecule has 1 atom stereocenters. The van der Waals surface area contributed by atoms with Gasteiger partial charge in [0, 0.05) is 37.7 Å². The largest absolute Gasteiger partial charge is 0.378 e. The molecule has 0 bridgehead atoms. The van der Waals surface area contributed by atoms with E-state index in [0.717, 1.165) is 28.1 Å². The third-order valence-electron chi connectivity index (χ3n) is 6.14. The van der Waals surface area contributed by atoms with Crippen molar-refractivity contribution in [1.29, 1.82) is 0 Å². The molecule has 31 heavy (non-hydrogen) atoms. The maximum atomic E-state index is 13.0. The minimum atomic E-state index is -0.0575. The van der Waals surface area contributed by atoms with Crippen molar-refractivity contribution in [3.05, 3.63) is 59.9 Å². The average Bonchev–Trinajstić information content (AvgIpc) is 3.35. The predicted molar refractivity (Wildman–Crippen MR) is 118 cm³/mol. The summed E-state index contributed by atoms with van der Waals surface area (Å²) in [4.78, 5) is 34.4. The topological polar surface area (TPSA) is 67.7 Å². The molecule has 1 unspecified atom stereocenters. The van der Waals surface area contributed by atoms with Crippen LogP contribution in [0, 0.1) is 6.92 Å². The lowest BCUT2D eigenvalue weighted by Crippen LogP contribution is -2.42. The second kappa shape index (κ2) is 8.15. The summed E-state index contributed by atoms with van der Waals surface area (Å²) < 4.78 is 7.38. The van der Waals surface area contributed by atoms with Gasteiger partial charge in [0.2, 0.25) is 11.8 Å². The summed E-state index contributed by atoms with van der Waals surface area (Å²) in [5.41, 5.74) is 3.82. The van der Waals surface area contributed by atoms with Crippen LogP contribution in [0.5, 0.6) is 0 Å². The smallest absolute Gasteiger partial charge is 0.242 e. The van der Waals surface area contributed by atoms with E-state index in [1.807, 2.05) is 69.8 Å². The van der Waals surface area contributed by atoms with Gasteiger partial charge in [-0.05, 0) is 36.8 Å². The van der Waals surface area contributed by atoms with Crippen molar-refractivity contribution in [3.8, 4) is 0 Å². The second-order valence-corrected chi connectivity index (χ2v) is 8.28. The van der Waals surface area contributed by atoms with Gasteiger partial charge in [0.05, 0.1) is 24.2 Å². The molecule has 2 aromatic carbocycles. The molecule has 160 valence electrons. The van der Waals surface area contributed by atoms with Crippen molar-refractivity contribution in [3.63, 3.8) is 0 Å². The number of aryl methyl sites for hydroxylation is 1. The number of anilines is 1. The zero-order valence-corrected chi connectivity index (χ0v) is 17.7. The van der Waals surface area contributed by atoms with Gasteiger partial charge in [0.1, 0.15) is 12.4 Å². The number of hydrogen-bond donors (Lipinski definition) is 0. The Morgan fingerprint density at radius 1 is 1.13 bits per heavy atom. The fourth-order valence-corrected chi connectivity index (χ4v) is 4.55. The molecule has 0 aliphatic carbocycles. The van der Waals surface area contributed by atoms with Gasteiger partial charge in [-0.25, -0.2) is 4.98 Å². The third-order valence-corrected chi connectivity index (χ3v) is 6.14. The first-order valence-corrected chi connectivity index (χ1v) is 10.8. The predicted octanol–water partition coefficient (Wildman–Crippen LogP) is 2.72. The summed E-state index contributed by atoms with van der Waals surface area (Å²) >= 11 is 0. The van der Waals surface area contributed by atoms with E-state index in [0.29, 0.717) is 39.3 Å².